The molecule has 0 aliphatic carbocycles. The van der Waals surface area contributed by atoms with E-state index in [1.165, 1.54) is 289 Å². The molecule has 0 rings (SSSR count). The topological polar surface area (TPSA) is 95.9 Å². The minimum absolute atomic E-state index is 0.00921. The maximum Gasteiger partial charge on any atom is 0.305 e. The normalized spacial score (nSPS) is 12.7. The molecule has 3 N–H and O–H groups in total. The lowest BCUT2D eigenvalue weighted by molar-refractivity contribution is -0.143. The molecule has 0 aromatic carbocycles. The highest BCUT2D eigenvalue weighted by Gasteiger charge is 2.20. The predicted molar refractivity (Wildman–Crippen MR) is 333 cm³/mol. The van der Waals surface area contributed by atoms with Crippen LogP contribution in [0.3, 0.4) is 0 Å². The van der Waals surface area contributed by atoms with Crippen LogP contribution in [-0.4, -0.2) is 47.4 Å². The molecule has 2 atom stereocenters. The number of rotatable bonds is 64. The Hall–Kier alpha value is -1.92. The molecule has 0 aliphatic heterocycles. The Bertz CT molecular complexity index is 1230. The number of ether oxygens (including phenoxy) is 1. The van der Waals surface area contributed by atoms with Crippen LogP contribution in [-0.2, 0) is 14.3 Å². The summed E-state index contributed by atoms with van der Waals surface area (Å²) in [7, 11) is 0. The average molecular weight is 1070 g/mol. The molecular formula is C70H133NO5. The first-order valence-corrected chi connectivity index (χ1v) is 34.2. The molecular weight excluding hydrogens is 935 g/mol. The number of hydrogen-bond acceptors (Lipinski definition) is 5. The number of esters is 1. The summed E-state index contributed by atoms with van der Waals surface area (Å²) in [6.07, 6.45) is 83.2. The summed E-state index contributed by atoms with van der Waals surface area (Å²) in [6.45, 7) is 4.95. The molecule has 0 radical (unpaired) electrons. The number of aliphatic hydroxyl groups excluding tert-OH is 2. The summed E-state index contributed by atoms with van der Waals surface area (Å²) in [6, 6.07) is -0.545. The number of hydrogen-bond donors (Lipinski definition) is 3. The van der Waals surface area contributed by atoms with Gasteiger partial charge in [0.25, 0.3) is 0 Å². The summed E-state index contributed by atoms with van der Waals surface area (Å²) in [5.74, 6) is -0.0279. The highest BCUT2D eigenvalue weighted by atomic mass is 16.5. The third-order valence-electron chi connectivity index (χ3n) is 15.9. The summed E-state index contributed by atoms with van der Waals surface area (Å²) in [4.78, 5) is 24.6. The number of unbranched alkanes of at least 4 members (excludes halogenated alkanes) is 47. The standard InChI is InChI=1S/C70H133NO5/c1-3-5-7-9-11-13-15-17-19-21-28-32-36-40-44-48-52-56-60-64-70(75)76-65-61-57-53-49-45-41-37-33-30-27-25-23-22-24-26-29-31-35-39-43-47-51-55-59-63-69(74)71-67(66-72)68(73)62-58-54-50-46-42-38-34-20-18-16-14-12-10-8-6-4-2/h11,13,17,19,24,26,67-68,72-73H,3-10,12,14-16,18,20-23,25,27-66H2,1-2H3,(H,71,74)/b13-11-,19-17-,26-24-. The molecule has 448 valence electrons. The second-order valence-electron chi connectivity index (χ2n) is 23.5. The zero-order valence-corrected chi connectivity index (χ0v) is 51.3. The van der Waals surface area contributed by atoms with Crippen molar-refractivity contribution in [1.82, 2.24) is 5.32 Å². The van der Waals surface area contributed by atoms with Gasteiger partial charge in [0.1, 0.15) is 0 Å². The van der Waals surface area contributed by atoms with Gasteiger partial charge in [-0.2, -0.15) is 0 Å². The first-order chi connectivity index (χ1) is 37.5. The molecule has 0 fully saturated rings. The van der Waals surface area contributed by atoms with Crippen molar-refractivity contribution in [3.05, 3.63) is 36.5 Å². The van der Waals surface area contributed by atoms with E-state index in [0.29, 0.717) is 25.9 Å². The lowest BCUT2D eigenvalue weighted by Crippen LogP contribution is -2.45. The Labute approximate surface area is 474 Å². The van der Waals surface area contributed by atoms with E-state index in [1.807, 2.05) is 0 Å². The highest BCUT2D eigenvalue weighted by molar-refractivity contribution is 5.76. The number of carbonyl (C=O) groups is 2. The van der Waals surface area contributed by atoms with Gasteiger partial charge in [-0.25, -0.2) is 0 Å². The monoisotopic (exact) mass is 1070 g/mol. The predicted octanol–water partition coefficient (Wildman–Crippen LogP) is 21.9. The number of allylic oxidation sites excluding steroid dienone is 6. The molecule has 6 heteroatoms. The molecule has 1 amide bonds. The zero-order chi connectivity index (χ0) is 55.0. The van der Waals surface area contributed by atoms with E-state index in [1.54, 1.807) is 0 Å². The van der Waals surface area contributed by atoms with Crippen molar-refractivity contribution in [1.29, 1.82) is 0 Å². The summed E-state index contributed by atoms with van der Waals surface area (Å²) in [5.41, 5.74) is 0. The van der Waals surface area contributed by atoms with Crippen LogP contribution in [0.1, 0.15) is 373 Å². The Morgan fingerprint density at radius 1 is 0.368 bits per heavy atom. The molecule has 0 heterocycles. The van der Waals surface area contributed by atoms with Gasteiger partial charge >= 0.3 is 5.97 Å². The number of nitrogens with one attached hydrogen (secondary N) is 1. The summed E-state index contributed by atoms with van der Waals surface area (Å²) < 4.78 is 5.50. The largest absolute Gasteiger partial charge is 0.466 e. The van der Waals surface area contributed by atoms with Gasteiger partial charge in [0.15, 0.2) is 0 Å². The molecule has 0 aromatic heterocycles. The van der Waals surface area contributed by atoms with E-state index < -0.39 is 12.1 Å². The van der Waals surface area contributed by atoms with Gasteiger partial charge in [-0.1, -0.05) is 314 Å². The van der Waals surface area contributed by atoms with Crippen molar-refractivity contribution in [3.63, 3.8) is 0 Å². The van der Waals surface area contributed by atoms with Gasteiger partial charge in [0, 0.05) is 12.8 Å². The molecule has 76 heavy (non-hydrogen) atoms. The maximum absolute atomic E-state index is 12.5. The van der Waals surface area contributed by atoms with Gasteiger partial charge in [-0.05, 0) is 83.5 Å². The van der Waals surface area contributed by atoms with Crippen LogP contribution in [0.4, 0.5) is 0 Å². The fourth-order valence-corrected chi connectivity index (χ4v) is 10.7. The van der Waals surface area contributed by atoms with E-state index in [2.05, 4.69) is 55.6 Å². The van der Waals surface area contributed by atoms with E-state index in [-0.39, 0.29) is 18.5 Å². The fourth-order valence-electron chi connectivity index (χ4n) is 10.7. The van der Waals surface area contributed by atoms with Gasteiger partial charge in [0.05, 0.1) is 25.4 Å². The Morgan fingerprint density at radius 3 is 1.04 bits per heavy atom. The molecule has 0 saturated heterocycles. The molecule has 0 spiro atoms. The molecule has 0 aliphatic rings. The van der Waals surface area contributed by atoms with Crippen LogP contribution in [0.5, 0.6) is 0 Å². The Balaban J connectivity index is 3.39. The average Bonchev–Trinajstić information content (AvgIpc) is 3.42. The maximum atomic E-state index is 12.5. The van der Waals surface area contributed by atoms with Gasteiger partial charge in [-0.15, -0.1) is 0 Å². The first-order valence-electron chi connectivity index (χ1n) is 34.2. The lowest BCUT2D eigenvalue weighted by Gasteiger charge is -2.22. The van der Waals surface area contributed by atoms with Crippen molar-refractivity contribution in [2.75, 3.05) is 13.2 Å². The number of carbonyl (C=O) groups excluding carboxylic acids is 2. The van der Waals surface area contributed by atoms with Crippen LogP contribution >= 0.6 is 0 Å². The molecule has 0 saturated carbocycles. The van der Waals surface area contributed by atoms with Crippen molar-refractivity contribution < 1.29 is 24.5 Å². The minimum Gasteiger partial charge on any atom is -0.466 e. The van der Waals surface area contributed by atoms with Crippen LogP contribution in [0.15, 0.2) is 36.5 Å². The van der Waals surface area contributed by atoms with Crippen molar-refractivity contribution in [3.8, 4) is 0 Å². The van der Waals surface area contributed by atoms with E-state index in [0.717, 1.165) is 51.4 Å². The van der Waals surface area contributed by atoms with Crippen LogP contribution in [0.2, 0.25) is 0 Å². The van der Waals surface area contributed by atoms with Crippen LogP contribution in [0, 0.1) is 0 Å². The Morgan fingerprint density at radius 2 is 0.658 bits per heavy atom. The lowest BCUT2D eigenvalue weighted by atomic mass is 10.0. The van der Waals surface area contributed by atoms with Crippen LogP contribution < -0.4 is 5.32 Å². The Kier molecular flexibility index (Phi) is 63.9. The zero-order valence-electron chi connectivity index (χ0n) is 51.3. The fraction of sp³-hybridized carbons (Fsp3) is 0.886. The highest BCUT2D eigenvalue weighted by Crippen LogP contribution is 2.18. The van der Waals surface area contributed by atoms with Crippen molar-refractivity contribution in [2.45, 2.75) is 386 Å². The molecule has 2 unspecified atom stereocenters. The smallest absolute Gasteiger partial charge is 0.305 e. The van der Waals surface area contributed by atoms with Gasteiger partial charge < -0.3 is 20.3 Å². The van der Waals surface area contributed by atoms with E-state index in [4.69, 9.17) is 4.74 Å². The third kappa shape index (κ3) is 61.3. The van der Waals surface area contributed by atoms with E-state index in [9.17, 15) is 19.8 Å². The van der Waals surface area contributed by atoms with Crippen molar-refractivity contribution >= 4 is 11.9 Å². The SMILES string of the molecule is CCCCC/C=C\C/C=C\CCCCCCCCCCCC(=O)OCCCCCCCCCCCCCC/C=C\CCCCCCCCCCC(=O)NC(CO)C(O)CCCCCCCCCCCCCCCCCC. The first kappa shape index (κ1) is 74.1. The second-order valence-corrected chi connectivity index (χ2v) is 23.5. The second kappa shape index (κ2) is 65.6. The summed E-state index contributed by atoms with van der Waals surface area (Å²) in [5, 5.41) is 23.3. The number of aliphatic hydroxyl groups is 2. The third-order valence-corrected chi connectivity index (χ3v) is 15.9. The van der Waals surface area contributed by atoms with Crippen molar-refractivity contribution in [2.24, 2.45) is 0 Å². The van der Waals surface area contributed by atoms with Crippen LogP contribution in [0.25, 0.3) is 0 Å². The molecule has 0 bridgehead atoms. The molecule has 6 nitrogen and oxygen atoms in total. The summed E-state index contributed by atoms with van der Waals surface area (Å²) >= 11 is 0. The number of amides is 1. The van der Waals surface area contributed by atoms with Gasteiger partial charge in [-0.3, -0.25) is 9.59 Å². The van der Waals surface area contributed by atoms with Gasteiger partial charge in [0.2, 0.25) is 5.91 Å². The molecule has 0 aromatic rings. The minimum atomic E-state index is -0.667. The quantitative estimate of drug-likeness (QED) is 0.0320. The van der Waals surface area contributed by atoms with E-state index >= 15 is 0 Å².